The molecule has 7 aromatic rings. The van der Waals surface area contributed by atoms with E-state index in [1.165, 1.54) is 5.39 Å². The first-order valence-electron chi connectivity index (χ1n) is 13.8. The monoisotopic (exact) mass is 527 g/mol. The quantitative estimate of drug-likeness (QED) is 0.248. The molecular formula is C37H25N3O. The first-order valence-corrected chi connectivity index (χ1v) is 13.8. The SMILES string of the molecule is c1ccc(C2=NC(c3ccccc3)N=C(c3cc(-c4ccccc4)cc4oc5cc6ccccc6cc5c34)N2)cc1. The van der Waals surface area contributed by atoms with Crippen LogP contribution in [0.1, 0.15) is 22.9 Å². The van der Waals surface area contributed by atoms with Crippen LogP contribution in [0.25, 0.3) is 43.8 Å². The van der Waals surface area contributed by atoms with Gasteiger partial charge in [0.2, 0.25) is 0 Å². The first-order chi connectivity index (χ1) is 20.3. The van der Waals surface area contributed by atoms with Gasteiger partial charge in [-0.25, -0.2) is 9.98 Å². The summed E-state index contributed by atoms with van der Waals surface area (Å²) in [5, 5.41) is 8.04. The van der Waals surface area contributed by atoms with E-state index >= 15 is 0 Å². The summed E-state index contributed by atoms with van der Waals surface area (Å²) in [4.78, 5) is 10.3. The highest BCUT2D eigenvalue weighted by Crippen LogP contribution is 2.38. The van der Waals surface area contributed by atoms with E-state index in [2.05, 4.69) is 102 Å². The molecule has 2 heterocycles. The fourth-order valence-corrected chi connectivity index (χ4v) is 5.68. The fraction of sp³-hybridized carbons (Fsp3) is 0.0270. The molecule has 0 bridgehead atoms. The summed E-state index contributed by atoms with van der Waals surface area (Å²) in [7, 11) is 0. The molecule has 0 saturated heterocycles. The molecule has 0 radical (unpaired) electrons. The molecule has 41 heavy (non-hydrogen) atoms. The Balaban J connectivity index is 1.40. The molecular weight excluding hydrogens is 502 g/mol. The van der Waals surface area contributed by atoms with Crippen LogP contribution in [0, 0.1) is 0 Å². The van der Waals surface area contributed by atoms with Crippen LogP contribution >= 0.6 is 0 Å². The number of nitrogens with zero attached hydrogens (tertiary/aromatic N) is 2. The summed E-state index contributed by atoms with van der Waals surface area (Å²) in [5.41, 5.74) is 6.92. The van der Waals surface area contributed by atoms with Crippen LogP contribution in [0.4, 0.5) is 0 Å². The van der Waals surface area contributed by atoms with Crippen LogP contribution in [-0.4, -0.2) is 11.7 Å². The van der Waals surface area contributed by atoms with E-state index in [1.54, 1.807) is 0 Å². The third-order valence-electron chi connectivity index (χ3n) is 7.69. The second-order valence-electron chi connectivity index (χ2n) is 10.3. The molecule has 6 aromatic carbocycles. The maximum atomic E-state index is 6.56. The molecule has 0 fully saturated rings. The lowest BCUT2D eigenvalue weighted by Gasteiger charge is -2.23. The highest BCUT2D eigenvalue weighted by molar-refractivity contribution is 6.25. The molecule has 194 valence electrons. The van der Waals surface area contributed by atoms with Crippen molar-refractivity contribution in [2.24, 2.45) is 9.98 Å². The summed E-state index contributed by atoms with van der Waals surface area (Å²) in [6.07, 6.45) is -0.378. The van der Waals surface area contributed by atoms with Gasteiger partial charge in [-0.1, -0.05) is 115 Å². The topological polar surface area (TPSA) is 49.9 Å². The van der Waals surface area contributed by atoms with Crippen molar-refractivity contribution in [3.63, 3.8) is 0 Å². The van der Waals surface area contributed by atoms with Gasteiger partial charge in [0.15, 0.2) is 6.17 Å². The Kier molecular flexibility index (Phi) is 5.49. The van der Waals surface area contributed by atoms with Crippen LogP contribution in [0.15, 0.2) is 154 Å². The number of fused-ring (bicyclic) bond motifs is 4. The van der Waals surface area contributed by atoms with Crippen molar-refractivity contribution >= 4 is 44.4 Å². The molecule has 1 aliphatic heterocycles. The molecule has 1 unspecified atom stereocenters. The number of nitrogens with one attached hydrogen (secondary N) is 1. The molecule has 0 saturated carbocycles. The summed E-state index contributed by atoms with van der Waals surface area (Å²) < 4.78 is 6.56. The van der Waals surface area contributed by atoms with Gasteiger partial charge in [-0.15, -0.1) is 0 Å². The number of aliphatic imine (C=N–C) groups is 2. The Bertz CT molecular complexity index is 2110. The second kappa shape index (κ2) is 9.61. The lowest BCUT2D eigenvalue weighted by atomic mass is 9.96. The highest BCUT2D eigenvalue weighted by Gasteiger charge is 2.24. The van der Waals surface area contributed by atoms with Crippen LogP contribution < -0.4 is 5.32 Å². The van der Waals surface area contributed by atoms with Crippen molar-refractivity contribution < 1.29 is 4.42 Å². The number of rotatable bonds is 4. The fourth-order valence-electron chi connectivity index (χ4n) is 5.68. The third kappa shape index (κ3) is 4.17. The van der Waals surface area contributed by atoms with E-state index in [-0.39, 0.29) is 6.17 Å². The molecule has 1 N–H and O–H groups in total. The van der Waals surface area contributed by atoms with Gasteiger partial charge in [-0.05, 0) is 51.7 Å². The lowest BCUT2D eigenvalue weighted by molar-refractivity contribution is 0.669. The van der Waals surface area contributed by atoms with Gasteiger partial charge in [-0.2, -0.15) is 0 Å². The Labute approximate surface area is 237 Å². The van der Waals surface area contributed by atoms with Crippen LogP contribution in [-0.2, 0) is 0 Å². The van der Waals surface area contributed by atoms with Gasteiger partial charge in [-0.3, -0.25) is 0 Å². The Morgan fingerprint density at radius 2 is 1.12 bits per heavy atom. The van der Waals surface area contributed by atoms with E-state index in [9.17, 15) is 0 Å². The summed E-state index contributed by atoms with van der Waals surface area (Å²) in [5.74, 6) is 1.56. The Morgan fingerprint density at radius 1 is 0.512 bits per heavy atom. The number of furan rings is 1. The predicted molar refractivity (Wildman–Crippen MR) is 168 cm³/mol. The van der Waals surface area contributed by atoms with Gasteiger partial charge in [0.05, 0.1) is 0 Å². The van der Waals surface area contributed by atoms with Crippen LogP contribution in [0.3, 0.4) is 0 Å². The summed E-state index contributed by atoms with van der Waals surface area (Å²) >= 11 is 0. The zero-order valence-corrected chi connectivity index (χ0v) is 22.2. The van der Waals surface area contributed by atoms with Crippen molar-refractivity contribution in [2.45, 2.75) is 6.17 Å². The van der Waals surface area contributed by atoms with Gasteiger partial charge in [0, 0.05) is 21.9 Å². The Hall–Kier alpha value is -5.48. The molecule has 8 rings (SSSR count). The van der Waals surface area contributed by atoms with Crippen molar-refractivity contribution in [3.8, 4) is 11.1 Å². The maximum Gasteiger partial charge on any atom is 0.169 e. The molecule has 1 aliphatic rings. The minimum absolute atomic E-state index is 0.378. The van der Waals surface area contributed by atoms with E-state index < -0.39 is 0 Å². The van der Waals surface area contributed by atoms with E-state index in [0.717, 1.165) is 66.8 Å². The number of benzene rings is 6. The second-order valence-corrected chi connectivity index (χ2v) is 10.3. The Morgan fingerprint density at radius 3 is 1.85 bits per heavy atom. The maximum absolute atomic E-state index is 6.56. The standard InChI is InChI=1S/C37H25N3O/c1-4-12-24(13-5-1)29-21-31(34-30-20-27-18-10-11-19-28(27)22-32(30)41-33(34)23-29)37-39-35(25-14-6-2-7-15-25)38-36(40-37)26-16-8-3-9-17-26/h1-23,35H,(H,38,39,40). The molecule has 0 amide bonds. The zero-order chi connectivity index (χ0) is 27.2. The first kappa shape index (κ1) is 23.4. The molecule has 0 spiro atoms. The van der Waals surface area contributed by atoms with Gasteiger partial charge in [0.1, 0.15) is 22.8 Å². The average molecular weight is 528 g/mol. The minimum atomic E-state index is -0.378. The normalized spacial score (nSPS) is 15.1. The van der Waals surface area contributed by atoms with E-state index in [4.69, 9.17) is 14.4 Å². The number of hydrogen-bond donors (Lipinski definition) is 1. The molecule has 0 aliphatic carbocycles. The molecule has 1 atom stereocenters. The lowest BCUT2D eigenvalue weighted by Crippen LogP contribution is -2.36. The van der Waals surface area contributed by atoms with E-state index in [0.29, 0.717) is 0 Å². The molecule has 4 nitrogen and oxygen atoms in total. The van der Waals surface area contributed by atoms with Crippen molar-refractivity contribution in [1.82, 2.24) is 5.32 Å². The van der Waals surface area contributed by atoms with Gasteiger partial charge < -0.3 is 9.73 Å². The number of hydrogen-bond acceptors (Lipinski definition) is 4. The van der Waals surface area contributed by atoms with Crippen molar-refractivity contribution in [1.29, 1.82) is 0 Å². The van der Waals surface area contributed by atoms with Gasteiger partial charge in [0.25, 0.3) is 0 Å². The zero-order valence-electron chi connectivity index (χ0n) is 22.2. The van der Waals surface area contributed by atoms with E-state index in [1.807, 2.05) is 42.5 Å². The average Bonchev–Trinajstić information content (AvgIpc) is 3.41. The predicted octanol–water partition coefficient (Wildman–Crippen LogP) is 8.90. The van der Waals surface area contributed by atoms with Crippen molar-refractivity contribution in [2.75, 3.05) is 0 Å². The third-order valence-corrected chi connectivity index (χ3v) is 7.69. The molecule has 4 heteroatoms. The number of amidine groups is 2. The molecule has 1 aromatic heterocycles. The summed E-state index contributed by atoms with van der Waals surface area (Å²) in [6, 6.07) is 48.0. The van der Waals surface area contributed by atoms with Crippen LogP contribution in [0.5, 0.6) is 0 Å². The minimum Gasteiger partial charge on any atom is -0.456 e. The van der Waals surface area contributed by atoms with Crippen molar-refractivity contribution in [3.05, 3.63) is 156 Å². The summed E-state index contributed by atoms with van der Waals surface area (Å²) in [6.45, 7) is 0. The van der Waals surface area contributed by atoms with Gasteiger partial charge >= 0.3 is 0 Å². The largest absolute Gasteiger partial charge is 0.456 e. The highest BCUT2D eigenvalue weighted by atomic mass is 16.3. The van der Waals surface area contributed by atoms with Crippen LogP contribution in [0.2, 0.25) is 0 Å². The smallest absolute Gasteiger partial charge is 0.169 e.